The van der Waals surface area contributed by atoms with Gasteiger partial charge in [-0.15, -0.1) is 0 Å². The van der Waals surface area contributed by atoms with Gasteiger partial charge in [-0.05, 0) is 0 Å². The molecule has 11 nitrogen and oxygen atoms in total. The van der Waals surface area contributed by atoms with Gasteiger partial charge >= 0.3 is 6.09 Å². The maximum atomic E-state index is 14.9. The number of aromatic nitrogens is 1. The Labute approximate surface area is 188 Å². The first-order valence-electron chi connectivity index (χ1n) is 10.5. The lowest BCUT2D eigenvalue weighted by atomic mass is 10.2. The minimum Gasteiger partial charge on any atom is -0.443 e. The molecule has 2 saturated heterocycles. The topological polar surface area (TPSA) is 129 Å². The molecule has 2 aliphatic heterocycles. The lowest BCUT2D eigenvalue weighted by Crippen LogP contribution is -2.47. The van der Waals surface area contributed by atoms with E-state index in [0.717, 1.165) is 22.6 Å². The molecule has 0 spiro atoms. The highest BCUT2D eigenvalue weighted by Gasteiger charge is 2.33. The fourth-order valence-corrected chi connectivity index (χ4v) is 3.76. The number of ether oxygens (including phenoxy) is 1. The fraction of sp³-hybridized carbons (Fsp3) is 0.450. The van der Waals surface area contributed by atoms with Crippen molar-refractivity contribution in [3.05, 3.63) is 41.8 Å². The van der Waals surface area contributed by atoms with Gasteiger partial charge < -0.3 is 25.2 Å². The molecule has 0 radical (unpaired) electrons. The summed E-state index contributed by atoms with van der Waals surface area (Å²) in [6.45, 7) is 1.80. The SMILES string of the molecule is NC[C@H]1CN(c2cc(F)c(N3CCNN(C(=O)CNCc4cnoc4)CC3)c(F)c2)C(=O)O1. The molecular formula is C20H25F2N7O4. The highest BCUT2D eigenvalue weighted by Crippen LogP contribution is 2.31. The van der Waals surface area contributed by atoms with Crippen LogP contribution in [0.1, 0.15) is 5.56 Å². The minimum atomic E-state index is -0.802. The fourth-order valence-electron chi connectivity index (χ4n) is 3.76. The van der Waals surface area contributed by atoms with E-state index in [1.165, 1.54) is 16.2 Å². The minimum absolute atomic E-state index is 0.0679. The Morgan fingerprint density at radius 3 is 2.73 bits per heavy atom. The van der Waals surface area contributed by atoms with Crippen molar-refractivity contribution in [1.82, 2.24) is 20.9 Å². The summed E-state index contributed by atoms with van der Waals surface area (Å²) in [5.74, 6) is -1.81. The average Bonchev–Trinajstić information content (AvgIpc) is 3.37. The summed E-state index contributed by atoms with van der Waals surface area (Å²) in [5, 5.41) is 8.02. The van der Waals surface area contributed by atoms with Gasteiger partial charge in [-0.1, -0.05) is 5.16 Å². The molecule has 2 fully saturated rings. The second kappa shape index (κ2) is 10.1. The number of hydrogen-bond donors (Lipinski definition) is 3. The van der Waals surface area contributed by atoms with Gasteiger partial charge in [-0.3, -0.25) is 14.7 Å². The van der Waals surface area contributed by atoms with E-state index in [4.69, 9.17) is 15.0 Å². The normalized spacial score (nSPS) is 19.1. The van der Waals surface area contributed by atoms with Crippen molar-refractivity contribution in [3.8, 4) is 0 Å². The number of rotatable bonds is 7. The number of anilines is 2. The molecule has 1 atom stereocenters. The number of nitrogens with zero attached hydrogens (tertiary/aromatic N) is 4. The van der Waals surface area contributed by atoms with Crippen LogP contribution in [-0.4, -0.2) is 74.1 Å². The molecule has 2 aliphatic rings. The maximum absolute atomic E-state index is 14.9. The second-order valence-electron chi connectivity index (χ2n) is 7.69. The quantitative estimate of drug-likeness (QED) is 0.524. The summed E-state index contributed by atoms with van der Waals surface area (Å²) in [6.07, 6.45) is 1.82. The van der Waals surface area contributed by atoms with Gasteiger partial charge in [0.2, 0.25) is 0 Å². The molecule has 13 heteroatoms. The van der Waals surface area contributed by atoms with E-state index in [-0.39, 0.29) is 56.6 Å². The van der Waals surface area contributed by atoms with E-state index in [1.807, 2.05) is 0 Å². The summed E-state index contributed by atoms with van der Waals surface area (Å²) in [7, 11) is 0. The Balaban J connectivity index is 1.37. The van der Waals surface area contributed by atoms with Crippen LogP contribution >= 0.6 is 0 Å². The highest BCUT2D eigenvalue weighted by molar-refractivity contribution is 5.90. The summed E-state index contributed by atoms with van der Waals surface area (Å²) in [6, 6.07) is 2.21. The van der Waals surface area contributed by atoms with Crippen molar-refractivity contribution >= 4 is 23.4 Å². The van der Waals surface area contributed by atoms with Crippen LogP contribution in [0.2, 0.25) is 0 Å². The third-order valence-electron chi connectivity index (χ3n) is 5.43. The summed E-state index contributed by atoms with van der Waals surface area (Å²) in [4.78, 5) is 27.1. The Hall–Kier alpha value is -3.29. The number of carbonyl (C=O) groups is 2. The maximum Gasteiger partial charge on any atom is 0.414 e. The highest BCUT2D eigenvalue weighted by atomic mass is 19.1. The Morgan fingerprint density at radius 2 is 2.06 bits per heavy atom. The second-order valence-corrected chi connectivity index (χ2v) is 7.69. The predicted octanol–water partition coefficient (Wildman–Crippen LogP) is 0.180. The molecule has 0 aliphatic carbocycles. The van der Waals surface area contributed by atoms with Crippen LogP contribution in [0, 0.1) is 11.6 Å². The number of nitrogens with two attached hydrogens (primary N) is 1. The first-order valence-corrected chi connectivity index (χ1v) is 10.5. The molecule has 2 amide bonds. The van der Waals surface area contributed by atoms with Crippen molar-refractivity contribution in [2.45, 2.75) is 12.6 Å². The molecule has 4 rings (SSSR count). The summed E-state index contributed by atoms with van der Waals surface area (Å²) in [5.41, 5.74) is 9.17. The van der Waals surface area contributed by atoms with Crippen LogP contribution < -0.4 is 26.3 Å². The van der Waals surface area contributed by atoms with Gasteiger partial charge in [0.05, 0.1) is 31.5 Å². The van der Waals surface area contributed by atoms with Crippen LogP contribution in [-0.2, 0) is 16.1 Å². The number of nitrogens with one attached hydrogen (secondary N) is 2. The molecule has 1 aromatic carbocycles. The molecule has 0 bridgehead atoms. The number of amides is 2. The summed E-state index contributed by atoms with van der Waals surface area (Å²) >= 11 is 0. The Morgan fingerprint density at radius 1 is 1.27 bits per heavy atom. The zero-order valence-electron chi connectivity index (χ0n) is 17.8. The molecule has 4 N–H and O–H groups in total. The van der Waals surface area contributed by atoms with Crippen LogP contribution in [0.25, 0.3) is 0 Å². The Kier molecular flexibility index (Phi) is 7.01. The van der Waals surface area contributed by atoms with E-state index >= 15 is 0 Å². The number of cyclic esters (lactones) is 1. The molecule has 0 saturated carbocycles. The van der Waals surface area contributed by atoms with Gasteiger partial charge in [-0.2, -0.15) is 0 Å². The standard InChI is InChI=1S/C20H25F2N7O4/c21-16-5-14(28-11-15(7-23)33-20(28)31)6-17(22)19(16)27-2-1-25-29(4-3-27)18(30)10-24-8-13-9-26-32-12-13/h5-6,9,12,15,24-25H,1-4,7-8,10-11,23H2/t15-/m0/s1. The molecule has 3 heterocycles. The van der Waals surface area contributed by atoms with Crippen molar-refractivity contribution < 1.29 is 27.6 Å². The van der Waals surface area contributed by atoms with Crippen LogP contribution in [0.4, 0.5) is 25.0 Å². The van der Waals surface area contributed by atoms with Gasteiger partial charge in [0.1, 0.15) is 18.1 Å². The van der Waals surface area contributed by atoms with E-state index in [2.05, 4.69) is 15.9 Å². The predicted molar refractivity (Wildman–Crippen MR) is 113 cm³/mol. The van der Waals surface area contributed by atoms with Crippen molar-refractivity contribution in [2.75, 3.05) is 55.6 Å². The van der Waals surface area contributed by atoms with Gasteiger partial charge in [0, 0.05) is 50.4 Å². The van der Waals surface area contributed by atoms with Crippen molar-refractivity contribution in [3.63, 3.8) is 0 Å². The first-order chi connectivity index (χ1) is 16.0. The van der Waals surface area contributed by atoms with Crippen LogP contribution in [0.3, 0.4) is 0 Å². The lowest BCUT2D eigenvalue weighted by Gasteiger charge is -2.25. The summed E-state index contributed by atoms with van der Waals surface area (Å²) < 4.78 is 39.7. The van der Waals surface area contributed by atoms with Crippen molar-refractivity contribution in [2.24, 2.45) is 5.73 Å². The number of hydrazine groups is 1. The van der Waals surface area contributed by atoms with E-state index in [0.29, 0.717) is 13.1 Å². The number of benzene rings is 1. The third-order valence-corrected chi connectivity index (χ3v) is 5.43. The van der Waals surface area contributed by atoms with Gasteiger partial charge in [0.25, 0.3) is 5.91 Å². The van der Waals surface area contributed by atoms with E-state index < -0.39 is 23.8 Å². The molecule has 178 valence electrons. The van der Waals surface area contributed by atoms with Crippen LogP contribution in [0.15, 0.2) is 29.1 Å². The molecule has 1 aromatic heterocycles. The average molecular weight is 465 g/mol. The largest absolute Gasteiger partial charge is 0.443 e. The molecule has 33 heavy (non-hydrogen) atoms. The lowest BCUT2D eigenvalue weighted by molar-refractivity contribution is -0.133. The number of carbonyl (C=O) groups excluding carboxylic acids is 2. The third kappa shape index (κ3) is 5.21. The van der Waals surface area contributed by atoms with Crippen LogP contribution in [0.5, 0.6) is 0 Å². The number of hydrogen-bond acceptors (Lipinski definition) is 9. The van der Waals surface area contributed by atoms with Gasteiger partial charge in [-0.25, -0.2) is 19.0 Å². The zero-order chi connectivity index (χ0) is 23.4. The van der Waals surface area contributed by atoms with Gasteiger partial charge in [0.15, 0.2) is 11.6 Å². The van der Waals surface area contributed by atoms with E-state index in [1.54, 1.807) is 6.20 Å². The zero-order valence-corrected chi connectivity index (χ0v) is 17.8. The van der Waals surface area contributed by atoms with E-state index in [9.17, 15) is 18.4 Å². The number of halogens is 2. The molecular weight excluding hydrogens is 440 g/mol. The van der Waals surface area contributed by atoms with Crippen molar-refractivity contribution in [1.29, 1.82) is 0 Å². The Bertz CT molecular complexity index is 968. The molecule has 2 aromatic rings. The monoisotopic (exact) mass is 465 g/mol. The smallest absolute Gasteiger partial charge is 0.414 e. The first kappa shape index (κ1) is 22.9. The molecule has 0 unspecified atom stereocenters.